The Kier molecular flexibility index (Phi) is 5.62. The van der Waals surface area contributed by atoms with Crippen LogP contribution in [0.25, 0.3) is 0 Å². The fraction of sp³-hybridized carbons (Fsp3) is 1.00. The first-order valence-corrected chi connectivity index (χ1v) is 8.94. The van der Waals surface area contributed by atoms with Gasteiger partial charge in [0.05, 0.1) is 5.75 Å². The van der Waals surface area contributed by atoms with Crippen LogP contribution in [0.2, 0.25) is 0 Å². The number of piperidine rings is 1. The molecule has 2 aliphatic rings. The number of nitrogens with one attached hydrogen (secondary N) is 1. The predicted octanol–water partition coefficient (Wildman–Crippen LogP) is 0.817. The van der Waals surface area contributed by atoms with Crippen LogP contribution in [0.15, 0.2) is 0 Å². The Labute approximate surface area is 116 Å². The van der Waals surface area contributed by atoms with E-state index in [-0.39, 0.29) is 5.75 Å². The molecule has 0 aromatic heterocycles. The van der Waals surface area contributed by atoms with Gasteiger partial charge in [0.25, 0.3) is 0 Å². The molecule has 0 aromatic carbocycles. The van der Waals surface area contributed by atoms with Crippen molar-refractivity contribution >= 4 is 10.0 Å². The number of methoxy groups -OCH3 is 1. The van der Waals surface area contributed by atoms with Gasteiger partial charge in [0, 0.05) is 32.8 Å². The van der Waals surface area contributed by atoms with Gasteiger partial charge < -0.3 is 10.1 Å². The zero-order valence-electron chi connectivity index (χ0n) is 11.8. The molecule has 0 radical (unpaired) electrons. The summed E-state index contributed by atoms with van der Waals surface area (Å²) >= 11 is 0. The van der Waals surface area contributed by atoms with Gasteiger partial charge in [-0.1, -0.05) is 0 Å². The standard InChI is InChI=1S/C13H26N2O3S/c1-18-9-4-10-19(16,17)15-8-3-5-12(11-15)13-6-2-7-14-13/h12-14H,2-11H2,1H3. The van der Waals surface area contributed by atoms with Crippen LogP contribution in [-0.2, 0) is 14.8 Å². The number of hydrogen-bond acceptors (Lipinski definition) is 4. The molecular weight excluding hydrogens is 264 g/mol. The van der Waals surface area contributed by atoms with Crippen molar-refractivity contribution in [2.45, 2.75) is 38.1 Å². The van der Waals surface area contributed by atoms with Gasteiger partial charge in [0.1, 0.15) is 0 Å². The number of nitrogens with zero attached hydrogens (tertiary/aromatic N) is 1. The number of ether oxygens (including phenoxy) is 1. The predicted molar refractivity (Wildman–Crippen MR) is 75.6 cm³/mol. The second-order valence-electron chi connectivity index (χ2n) is 5.63. The van der Waals surface area contributed by atoms with Crippen molar-refractivity contribution in [1.29, 1.82) is 0 Å². The highest BCUT2D eigenvalue weighted by atomic mass is 32.2. The van der Waals surface area contributed by atoms with Crippen molar-refractivity contribution in [3.05, 3.63) is 0 Å². The lowest BCUT2D eigenvalue weighted by atomic mass is 9.91. The molecule has 6 heteroatoms. The second kappa shape index (κ2) is 7.02. The summed E-state index contributed by atoms with van der Waals surface area (Å²) in [5, 5.41) is 3.51. The largest absolute Gasteiger partial charge is 0.385 e. The molecule has 0 saturated carbocycles. The summed E-state index contributed by atoms with van der Waals surface area (Å²) in [6.45, 7) is 2.99. The van der Waals surface area contributed by atoms with Gasteiger partial charge in [0.2, 0.25) is 10.0 Å². The molecule has 2 aliphatic heterocycles. The zero-order valence-corrected chi connectivity index (χ0v) is 12.6. The molecule has 2 rings (SSSR count). The summed E-state index contributed by atoms with van der Waals surface area (Å²) in [5.74, 6) is 0.708. The van der Waals surface area contributed by atoms with Crippen molar-refractivity contribution in [2.75, 3.05) is 39.1 Å². The second-order valence-corrected chi connectivity index (χ2v) is 7.71. The Morgan fingerprint density at radius 2 is 2.16 bits per heavy atom. The summed E-state index contributed by atoms with van der Waals surface area (Å²) in [6.07, 6.45) is 5.15. The molecule has 2 saturated heterocycles. The van der Waals surface area contributed by atoms with Crippen molar-refractivity contribution in [3.8, 4) is 0 Å². The van der Waals surface area contributed by atoms with E-state index in [4.69, 9.17) is 4.74 Å². The van der Waals surface area contributed by atoms with E-state index in [1.165, 1.54) is 12.8 Å². The molecule has 2 atom stereocenters. The molecule has 0 amide bonds. The lowest BCUT2D eigenvalue weighted by Crippen LogP contribution is -2.46. The normalized spacial score (nSPS) is 29.7. The minimum absolute atomic E-state index is 0.214. The van der Waals surface area contributed by atoms with Crippen LogP contribution in [0.5, 0.6) is 0 Å². The summed E-state index contributed by atoms with van der Waals surface area (Å²) in [6, 6.07) is 0.525. The molecule has 19 heavy (non-hydrogen) atoms. The average Bonchev–Trinajstić information content (AvgIpc) is 2.93. The smallest absolute Gasteiger partial charge is 0.214 e. The molecule has 0 aromatic rings. The van der Waals surface area contributed by atoms with E-state index in [2.05, 4.69) is 5.32 Å². The molecule has 2 unspecified atom stereocenters. The molecule has 2 heterocycles. The van der Waals surface area contributed by atoms with Crippen LogP contribution >= 0.6 is 0 Å². The van der Waals surface area contributed by atoms with Crippen molar-refractivity contribution < 1.29 is 13.2 Å². The third-order valence-electron chi connectivity index (χ3n) is 4.23. The maximum Gasteiger partial charge on any atom is 0.214 e. The first-order chi connectivity index (χ1) is 9.13. The Bertz CT molecular complexity index is 366. The Morgan fingerprint density at radius 1 is 1.32 bits per heavy atom. The van der Waals surface area contributed by atoms with Crippen LogP contribution in [-0.4, -0.2) is 57.9 Å². The maximum absolute atomic E-state index is 12.3. The Hall–Kier alpha value is -0.170. The fourth-order valence-corrected chi connectivity index (χ4v) is 4.75. The number of sulfonamides is 1. The fourth-order valence-electron chi connectivity index (χ4n) is 3.18. The van der Waals surface area contributed by atoms with Crippen LogP contribution in [0, 0.1) is 5.92 Å². The highest BCUT2D eigenvalue weighted by Gasteiger charge is 2.33. The first-order valence-electron chi connectivity index (χ1n) is 7.33. The van der Waals surface area contributed by atoms with E-state index in [9.17, 15) is 8.42 Å². The lowest BCUT2D eigenvalue weighted by Gasteiger charge is -2.35. The van der Waals surface area contributed by atoms with Gasteiger partial charge in [-0.3, -0.25) is 0 Å². The maximum atomic E-state index is 12.3. The van der Waals surface area contributed by atoms with Crippen LogP contribution in [0.3, 0.4) is 0 Å². The Morgan fingerprint density at radius 3 is 2.84 bits per heavy atom. The van der Waals surface area contributed by atoms with Crippen molar-refractivity contribution in [2.24, 2.45) is 5.92 Å². The van der Waals surface area contributed by atoms with E-state index in [0.717, 1.165) is 19.4 Å². The van der Waals surface area contributed by atoms with E-state index in [0.29, 0.717) is 38.1 Å². The molecule has 2 fully saturated rings. The summed E-state index contributed by atoms with van der Waals surface area (Å²) < 4.78 is 31.2. The quantitative estimate of drug-likeness (QED) is 0.736. The van der Waals surface area contributed by atoms with Gasteiger partial charge in [-0.2, -0.15) is 0 Å². The molecule has 0 aliphatic carbocycles. The van der Waals surface area contributed by atoms with Gasteiger partial charge >= 0.3 is 0 Å². The zero-order chi connectivity index (χ0) is 13.7. The third kappa shape index (κ3) is 4.15. The summed E-state index contributed by atoms with van der Waals surface area (Å²) in [4.78, 5) is 0. The molecule has 1 N–H and O–H groups in total. The van der Waals surface area contributed by atoms with Gasteiger partial charge in [-0.15, -0.1) is 0 Å². The van der Waals surface area contributed by atoms with Gasteiger partial charge in [-0.05, 0) is 44.6 Å². The van der Waals surface area contributed by atoms with Crippen molar-refractivity contribution in [3.63, 3.8) is 0 Å². The van der Waals surface area contributed by atoms with E-state index in [1.54, 1.807) is 11.4 Å². The molecule has 112 valence electrons. The van der Waals surface area contributed by atoms with Gasteiger partial charge in [0.15, 0.2) is 0 Å². The van der Waals surface area contributed by atoms with E-state index < -0.39 is 10.0 Å². The number of rotatable bonds is 6. The highest BCUT2D eigenvalue weighted by molar-refractivity contribution is 7.89. The van der Waals surface area contributed by atoms with E-state index >= 15 is 0 Å². The van der Waals surface area contributed by atoms with E-state index in [1.807, 2.05) is 0 Å². The molecular formula is C13H26N2O3S. The molecule has 0 spiro atoms. The monoisotopic (exact) mass is 290 g/mol. The molecule has 0 bridgehead atoms. The summed E-state index contributed by atoms with van der Waals surface area (Å²) in [5.41, 5.74) is 0. The Balaban J connectivity index is 1.88. The third-order valence-corrected chi connectivity index (χ3v) is 6.16. The average molecular weight is 290 g/mol. The minimum Gasteiger partial charge on any atom is -0.385 e. The molecule has 5 nitrogen and oxygen atoms in total. The van der Waals surface area contributed by atoms with Crippen LogP contribution in [0.4, 0.5) is 0 Å². The SMILES string of the molecule is COCCCS(=O)(=O)N1CCCC(C2CCCN2)C1. The van der Waals surface area contributed by atoms with Crippen LogP contribution in [0.1, 0.15) is 32.1 Å². The summed E-state index contributed by atoms with van der Waals surface area (Å²) in [7, 11) is -1.49. The van der Waals surface area contributed by atoms with Crippen molar-refractivity contribution in [1.82, 2.24) is 9.62 Å². The van der Waals surface area contributed by atoms with Gasteiger partial charge in [-0.25, -0.2) is 12.7 Å². The minimum atomic E-state index is -3.09. The first kappa shape index (κ1) is 15.2. The number of hydrogen-bond donors (Lipinski definition) is 1. The lowest BCUT2D eigenvalue weighted by molar-refractivity contribution is 0.197. The van der Waals surface area contributed by atoms with Crippen LogP contribution < -0.4 is 5.32 Å². The highest BCUT2D eigenvalue weighted by Crippen LogP contribution is 2.26. The topological polar surface area (TPSA) is 58.6 Å².